The first-order valence-corrected chi connectivity index (χ1v) is 8.56. The third-order valence-corrected chi connectivity index (χ3v) is 4.87. The van der Waals surface area contributed by atoms with E-state index in [0.29, 0.717) is 5.69 Å². The number of benzene rings is 1. The minimum Gasteiger partial charge on any atom is -0.385 e. The van der Waals surface area contributed by atoms with E-state index >= 15 is 0 Å². The normalized spacial score (nSPS) is 16.6. The van der Waals surface area contributed by atoms with Crippen LogP contribution in [0.5, 0.6) is 0 Å². The summed E-state index contributed by atoms with van der Waals surface area (Å²) in [5, 5.41) is 17.2. The lowest BCUT2D eigenvalue weighted by atomic mass is 9.87. The van der Waals surface area contributed by atoms with E-state index in [9.17, 15) is 19.1 Å². The van der Waals surface area contributed by atoms with Crippen LogP contribution in [-0.4, -0.2) is 50.4 Å². The Morgan fingerprint density at radius 1 is 1.41 bits per heavy atom. The SMILES string of the molecule is CC(N)C1(O)CN(C(=O)c2nn(C)c(=O)cc2Nc2ccc(F)cc2Cl)C1. The van der Waals surface area contributed by atoms with Gasteiger partial charge in [-0.3, -0.25) is 9.59 Å². The van der Waals surface area contributed by atoms with Crippen LogP contribution < -0.4 is 16.6 Å². The first-order chi connectivity index (χ1) is 12.6. The second-order valence-corrected chi connectivity index (χ2v) is 7.08. The van der Waals surface area contributed by atoms with Crippen molar-refractivity contribution in [3.05, 3.63) is 51.2 Å². The Hall–Kier alpha value is -2.49. The van der Waals surface area contributed by atoms with E-state index in [-0.39, 0.29) is 29.5 Å². The number of aliphatic hydroxyl groups is 1. The summed E-state index contributed by atoms with van der Waals surface area (Å²) in [6.07, 6.45) is 0. The molecular formula is C17H19ClFN5O3. The lowest BCUT2D eigenvalue weighted by Crippen LogP contribution is -2.70. The molecule has 1 aromatic heterocycles. The van der Waals surface area contributed by atoms with Crippen LogP contribution in [0.15, 0.2) is 29.1 Å². The van der Waals surface area contributed by atoms with Gasteiger partial charge >= 0.3 is 0 Å². The summed E-state index contributed by atoms with van der Waals surface area (Å²) in [6, 6.07) is 4.41. The molecular weight excluding hydrogens is 377 g/mol. The molecule has 27 heavy (non-hydrogen) atoms. The molecule has 0 saturated carbocycles. The van der Waals surface area contributed by atoms with Crippen molar-refractivity contribution in [2.45, 2.75) is 18.6 Å². The van der Waals surface area contributed by atoms with Crippen LogP contribution in [-0.2, 0) is 7.05 Å². The maximum Gasteiger partial charge on any atom is 0.276 e. The number of hydrogen-bond acceptors (Lipinski definition) is 6. The summed E-state index contributed by atoms with van der Waals surface area (Å²) in [6.45, 7) is 1.78. The zero-order valence-corrected chi connectivity index (χ0v) is 15.5. The molecule has 0 aliphatic carbocycles. The number of nitrogens with one attached hydrogen (secondary N) is 1. The number of carbonyl (C=O) groups is 1. The summed E-state index contributed by atoms with van der Waals surface area (Å²) in [5.41, 5.74) is 4.57. The van der Waals surface area contributed by atoms with E-state index in [1.54, 1.807) is 6.92 Å². The summed E-state index contributed by atoms with van der Waals surface area (Å²) in [7, 11) is 1.42. The molecule has 1 aliphatic heterocycles. The van der Waals surface area contributed by atoms with Gasteiger partial charge in [0.2, 0.25) is 0 Å². The van der Waals surface area contributed by atoms with Gasteiger partial charge in [0.25, 0.3) is 11.5 Å². The predicted molar refractivity (Wildman–Crippen MR) is 98.7 cm³/mol. The maximum atomic E-state index is 13.2. The van der Waals surface area contributed by atoms with Crippen LogP contribution >= 0.6 is 11.6 Å². The van der Waals surface area contributed by atoms with E-state index in [1.165, 1.54) is 30.1 Å². The van der Waals surface area contributed by atoms with Crippen molar-refractivity contribution in [3.8, 4) is 0 Å². The van der Waals surface area contributed by atoms with Crippen LogP contribution in [0.3, 0.4) is 0 Å². The molecule has 1 atom stereocenters. The van der Waals surface area contributed by atoms with Crippen molar-refractivity contribution in [1.29, 1.82) is 0 Å². The highest BCUT2D eigenvalue weighted by molar-refractivity contribution is 6.33. The Bertz CT molecular complexity index is 956. The predicted octanol–water partition coefficient (Wildman–Crippen LogP) is 0.851. The van der Waals surface area contributed by atoms with Gasteiger partial charge in [-0.1, -0.05) is 11.6 Å². The number of carbonyl (C=O) groups excluding carboxylic acids is 1. The Morgan fingerprint density at radius 2 is 2.07 bits per heavy atom. The molecule has 1 amide bonds. The van der Waals surface area contributed by atoms with Crippen LogP contribution in [0.1, 0.15) is 17.4 Å². The van der Waals surface area contributed by atoms with Gasteiger partial charge in [-0.15, -0.1) is 0 Å². The molecule has 8 nitrogen and oxygen atoms in total. The Balaban J connectivity index is 1.92. The van der Waals surface area contributed by atoms with Crippen molar-refractivity contribution in [2.75, 3.05) is 18.4 Å². The van der Waals surface area contributed by atoms with E-state index < -0.39 is 28.9 Å². The molecule has 1 aromatic carbocycles. The van der Waals surface area contributed by atoms with Gasteiger partial charge in [-0.2, -0.15) is 5.10 Å². The summed E-state index contributed by atoms with van der Waals surface area (Å²) >= 11 is 6.01. The molecule has 0 bridgehead atoms. The van der Waals surface area contributed by atoms with Crippen LogP contribution in [0.25, 0.3) is 0 Å². The lowest BCUT2D eigenvalue weighted by molar-refractivity contribution is -0.0933. The highest BCUT2D eigenvalue weighted by atomic mass is 35.5. The topological polar surface area (TPSA) is 113 Å². The van der Waals surface area contributed by atoms with Crippen molar-refractivity contribution in [2.24, 2.45) is 12.8 Å². The van der Waals surface area contributed by atoms with Gasteiger partial charge in [0.1, 0.15) is 11.4 Å². The zero-order chi connectivity index (χ0) is 19.9. The molecule has 3 rings (SSSR count). The number of halogens is 2. The smallest absolute Gasteiger partial charge is 0.276 e. The lowest BCUT2D eigenvalue weighted by Gasteiger charge is -2.48. The Morgan fingerprint density at radius 3 is 2.67 bits per heavy atom. The molecule has 2 aromatic rings. The minimum atomic E-state index is -1.15. The fourth-order valence-electron chi connectivity index (χ4n) is 2.72. The second-order valence-electron chi connectivity index (χ2n) is 6.67. The molecule has 1 saturated heterocycles. The Kier molecular flexibility index (Phi) is 4.94. The average molecular weight is 396 g/mol. The number of nitrogens with zero attached hydrogens (tertiary/aromatic N) is 3. The molecule has 1 unspecified atom stereocenters. The van der Waals surface area contributed by atoms with Gasteiger partial charge in [0, 0.05) is 19.2 Å². The number of β-amino-alcohol motifs (C(OH)–C–C–N with tert-alkyl or cyclic N) is 1. The maximum absolute atomic E-state index is 13.2. The van der Waals surface area contributed by atoms with Crippen molar-refractivity contribution in [1.82, 2.24) is 14.7 Å². The molecule has 2 heterocycles. The standard InChI is InChI=1S/C17H19ClFN5O3/c1-9(20)17(27)7-24(8-17)16(26)15-13(6-14(25)23(2)22-15)21-12-4-3-10(19)5-11(12)18/h3-6,9,21,27H,7-8,20H2,1-2H3. The van der Waals surface area contributed by atoms with Crippen LogP contribution in [0.2, 0.25) is 5.02 Å². The fourth-order valence-corrected chi connectivity index (χ4v) is 2.94. The van der Waals surface area contributed by atoms with Gasteiger partial charge < -0.3 is 21.1 Å². The van der Waals surface area contributed by atoms with E-state index in [2.05, 4.69) is 10.4 Å². The first kappa shape index (κ1) is 19.3. The van der Waals surface area contributed by atoms with E-state index in [0.717, 1.165) is 10.7 Å². The molecule has 10 heteroatoms. The zero-order valence-electron chi connectivity index (χ0n) is 14.7. The van der Waals surface area contributed by atoms with E-state index in [1.807, 2.05) is 0 Å². The van der Waals surface area contributed by atoms with Gasteiger partial charge in [0.05, 0.1) is 29.5 Å². The number of amides is 1. The molecule has 1 aliphatic rings. The first-order valence-electron chi connectivity index (χ1n) is 8.18. The highest BCUT2D eigenvalue weighted by Gasteiger charge is 2.47. The fraction of sp³-hybridized carbons (Fsp3) is 0.353. The number of nitrogens with two attached hydrogens (primary N) is 1. The molecule has 0 spiro atoms. The summed E-state index contributed by atoms with van der Waals surface area (Å²) in [4.78, 5) is 26.2. The molecule has 144 valence electrons. The van der Waals surface area contributed by atoms with E-state index in [4.69, 9.17) is 17.3 Å². The highest BCUT2D eigenvalue weighted by Crippen LogP contribution is 2.29. The quantitative estimate of drug-likeness (QED) is 0.707. The monoisotopic (exact) mass is 395 g/mol. The van der Waals surface area contributed by atoms with Crippen molar-refractivity contribution >= 4 is 28.9 Å². The van der Waals surface area contributed by atoms with Crippen LogP contribution in [0.4, 0.5) is 15.8 Å². The molecule has 0 radical (unpaired) electrons. The van der Waals surface area contributed by atoms with Gasteiger partial charge in [-0.05, 0) is 25.1 Å². The number of likely N-dealkylation sites (tertiary alicyclic amines) is 1. The third kappa shape index (κ3) is 3.66. The molecule has 1 fully saturated rings. The van der Waals surface area contributed by atoms with Gasteiger partial charge in [0.15, 0.2) is 5.69 Å². The third-order valence-electron chi connectivity index (χ3n) is 4.56. The number of aromatic nitrogens is 2. The van der Waals surface area contributed by atoms with Crippen LogP contribution in [0, 0.1) is 5.82 Å². The summed E-state index contributed by atoms with van der Waals surface area (Å²) in [5.74, 6) is -0.989. The number of rotatable bonds is 4. The minimum absolute atomic E-state index is 0.0239. The largest absolute Gasteiger partial charge is 0.385 e. The Labute approximate surface area is 159 Å². The number of anilines is 2. The second kappa shape index (κ2) is 6.91. The molecule has 4 N–H and O–H groups in total. The average Bonchev–Trinajstić information content (AvgIpc) is 2.56. The van der Waals surface area contributed by atoms with Crippen molar-refractivity contribution < 1.29 is 14.3 Å². The summed E-state index contributed by atoms with van der Waals surface area (Å²) < 4.78 is 14.3. The number of hydrogen-bond donors (Lipinski definition) is 3. The number of aryl methyl sites for hydroxylation is 1. The van der Waals surface area contributed by atoms with Crippen molar-refractivity contribution in [3.63, 3.8) is 0 Å². The van der Waals surface area contributed by atoms with Gasteiger partial charge in [-0.25, -0.2) is 9.07 Å².